The Labute approximate surface area is 237 Å². The number of rotatable bonds is 2. The van der Waals surface area contributed by atoms with Crippen molar-refractivity contribution in [1.82, 2.24) is 9.97 Å². The number of aromatic nitrogens is 2. The molecule has 2 aromatic heterocycles. The van der Waals surface area contributed by atoms with Crippen LogP contribution in [-0.4, -0.2) is 9.97 Å². The number of hydrogen-bond donors (Lipinski definition) is 0. The number of benzene rings is 4. The van der Waals surface area contributed by atoms with Crippen molar-refractivity contribution in [3.8, 4) is 33.6 Å². The van der Waals surface area contributed by atoms with E-state index in [1.165, 1.54) is 33.0 Å². The van der Waals surface area contributed by atoms with Gasteiger partial charge >= 0.3 is 0 Å². The van der Waals surface area contributed by atoms with Gasteiger partial charge < -0.3 is 9.97 Å². The summed E-state index contributed by atoms with van der Waals surface area (Å²) in [5, 5.41) is 2.58. The van der Waals surface area contributed by atoms with Crippen molar-refractivity contribution >= 4 is 10.8 Å². The van der Waals surface area contributed by atoms with Gasteiger partial charge in [0.2, 0.25) is 0 Å². The molecule has 6 aromatic rings. The van der Waals surface area contributed by atoms with Crippen molar-refractivity contribution in [3.05, 3.63) is 145 Å². The molecule has 0 N–H and O–H groups in total. The minimum Gasteiger partial charge on any atom is -0.305 e. The summed E-state index contributed by atoms with van der Waals surface area (Å²) in [5.74, 6) is 0. The molecule has 0 amide bonds. The van der Waals surface area contributed by atoms with Crippen LogP contribution in [0.5, 0.6) is 0 Å². The van der Waals surface area contributed by atoms with Gasteiger partial charge in [0.15, 0.2) is 0 Å². The van der Waals surface area contributed by atoms with Crippen LogP contribution in [0.2, 0.25) is 0 Å². The van der Waals surface area contributed by atoms with Crippen LogP contribution in [0.15, 0.2) is 122 Å². The van der Waals surface area contributed by atoms with Crippen LogP contribution in [0, 0.1) is 12.1 Å². The molecule has 187 valence electrons. The molecule has 0 saturated heterocycles. The van der Waals surface area contributed by atoms with Gasteiger partial charge in [-0.1, -0.05) is 50.2 Å². The second-order valence-electron chi connectivity index (χ2n) is 9.72. The molecule has 0 unspecified atom stereocenters. The molecule has 0 aliphatic heterocycles. The molecule has 0 atom stereocenters. The maximum absolute atomic E-state index is 4.74. The van der Waals surface area contributed by atoms with Crippen LogP contribution in [-0.2, 0) is 25.5 Å². The molecule has 0 saturated carbocycles. The maximum atomic E-state index is 4.74. The standard InChI is InChI=1S/C24H18N.C11H8N.Ir/c1-24(2)21-15-18-11-7-6-10-17(18)14-20(21)19-12-13-25-23(22(19)24)16-8-4-3-5-9-16;1-2-6-10(7-3-1)11-8-4-5-9-12-11;/h3-8,10-15H,1-2H3;1-6,8-9H;/q2*-1;. The molecule has 38 heavy (non-hydrogen) atoms. The summed E-state index contributed by atoms with van der Waals surface area (Å²) in [6.45, 7) is 4.61. The topological polar surface area (TPSA) is 25.8 Å². The molecular weight excluding hydrogens is 641 g/mol. The quantitative estimate of drug-likeness (QED) is 0.173. The van der Waals surface area contributed by atoms with E-state index >= 15 is 0 Å². The number of hydrogen-bond acceptors (Lipinski definition) is 2. The minimum absolute atomic E-state index is 0. The Balaban J connectivity index is 0.000000191. The smallest absolute Gasteiger partial charge is 0.0167 e. The molecule has 0 bridgehead atoms. The largest absolute Gasteiger partial charge is 0.305 e. The third-order valence-corrected chi connectivity index (χ3v) is 7.04. The van der Waals surface area contributed by atoms with Gasteiger partial charge in [0.1, 0.15) is 0 Å². The third-order valence-electron chi connectivity index (χ3n) is 7.04. The third kappa shape index (κ3) is 4.72. The summed E-state index contributed by atoms with van der Waals surface area (Å²) in [5.41, 5.74) is 9.35. The van der Waals surface area contributed by atoms with E-state index in [1.54, 1.807) is 6.20 Å². The van der Waals surface area contributed by atoms with Crippen molar-refractivity contribution < 1.29 is 20.1 Å². The normalized spacial score (nSPS) is 12.5. The number of pyridine rings is 2. The van der Waals surface area contributed by atoms with Gasteiger partial charge in [-0.25, -0.2) is 0 Å². The Hall–Kier alpha value is -3.91. The first kappa shape index (κ1) is 25.7. The van der Waals surface area contributed by atoms with Crippen molar-refractivity contribution in [2.24, 2.45) is 0 Å². The van der Waals surface area contributed by atoms with Crippen LogP contribution >= 0.6 is 0 Å². The van der Waals surface area contributed by atoms with E-state index < -0.39 is 0 Å². The number of nitrogens with zero attached hydrogens (tertiary/aromatic N) is 2. The van der Waals surface area contributed by atoms with E-state index in [-0.39, 0.29) is 25.5 Å². The molecule has 4 aromatic carbocycles. The van der Waals surface area contributed by atoms with Crippen molar-refractivity contribution in [2.75, 3.05) is 0 Å². The monoisotopic (exact) mass is 667 g/mol. The molecule has 2 heterocycles. The molecule has 0 spiro atoms. The Morgan fingerprint density at radius 2 is 1.26 bits per heavy atom. The van der Waals surface area contributed by atoms with Gasteiger partial charge in [0, 0.05) is 37.9 Å². The van der Waals surface area contributed by atoms with Gasteiger partial charge in [-0.15, -0.1) is 71.8 Å². The van der Waals surface area contributed by atoms with E-state index in [2.05, 4.69) is 85.6 Å². The summed E-state index contributed by atoms with van der Waals surface area (Å²) in [6.07, 6.45) is 3.71. The van der Waals surface area contributed by atoms with Crippen molar-refractivity contribution in [3.63, 3.8) is 0 Å². The van der Waals surface area contributed by atoms with Gasteiger partial charge in [-0.05, 0) is 68.7 Å². The van der Waals surface area contributed by atoms with E-state index in [0.29, 0.717) is 0 Å². The van der Waals surface area contributed by atoms with Crippen molar-refractivity contribution in [2.45, 2.75) is 19.3 Å². The van der Waals surface area contributed by atoms with Crippen LogP contribution in [0.3, 0.4) is 0 Å². The molecule has 1 aliphatic carbocycles. The zero-order valence-electron chi connectivity index (χ0n) is 21.3. The Morgan fingerprint density at radius 3 is 1.92 bits per heavy atom. The van der Waals surface area contributed by atoms with Crippen LogP contribution in [0.1, 0.15) is 25.0 Å². The van der Waals surface area contributed by atoms with Gasteiger partial charge in [0.25, 0.3) is 0 Å². The predicted octanol–water partition coefficient (Wildman–Crippen LogP) is 8.55. The average Bonchev–Trinajstić information content (AvgIpc) is 3.19. The second kappa shape index (κ2) is 10.8. The van der Waals surface area contributed by atoms with E-state index in [9.17, 15) is 0 Å². The first-order chi connectivity index (χ1) is 18.1. The Morgan fingerprint density at radius 1 is 0.605 bits per heavy atom. The minimum atomic E-state index is -0.0814. The fourth-order valence-electron chi connectivity index (χ4n) is 5.25. The number of fused-ring (bicyclic) bond motifs is 4. The zero-order chi connectivity index (χ0) is 25.2. The fourth-order valence-corrected chi connectivity index (χ4v) is 5.25. The first-order valence-corrected chi connectivity index (χ1v) is 12.5. The molecule has 0 fully saturated rings. The Bertz CT molecular complexity index is 1640. The SMILES string of the molecule is CC1(C)c2cc3ccccc3cc2-c2ccnc(-c3[c-]cccc3)c21.[Ir].[c-]1ccccc1-c1ccccn1. The molecule has 1 radical (unpaired) electrons. The Kier molecular flexibility index (Phi) is 7.33. The molecule has 7 rings (SSSR count). The zero-order valence-corrected chi connectivity index (χ0v) is 23.7. The van der Waals surface area contributed by atoms with E-state index in [0.717, 1.165) is 22.5 Å². The first-order valence-electron chi connectivity index (χ1n) is 12.5. The van der Waals surface area contributed by atoms with Gasteiger partial charge in [-0.2, -0.15) is 0 Å². The summed E-state index contributed by atoms with van der Waals surface area (Å²) in [7, 11) is 0. The van der Waals surface area contributed by atoms with Gasteiger partial charge in [-0.3, -0.25) is 0 Å². The maximum Gasteiger partial charge on any atom is 0.0167 e. The summed E-state index contributed by atoms with van der Waals surface area (Å²) >= 11 is 0. The van der Waals surface area contributed by atoms with Crippen LogP contribution in [0.4, 0.5) is 0 Å². The van der Waals surface area contributed by atoms with E-state index in [1.807, 2.05) is 60.8 Å². The average molecular weight is 667 g/mol. The van der Waals surface area contributed by atoms with Crippen molar-refractivity contribution in [1.29, 1.82) is 0 Å². The predicted molar refractivity (Wildman–Crippen MR) is 152 cm³/mol. The molecular formula is C35H26IrN2-2. The van der Waals surface area contributed by atoms with Crippen LogP contribution < -0.4 is 0 Å². The second-order valence-corrected chi connectivity index (χ2v) is 9.72. The molecule has 1 aliphatic rings. The van der Waals surface area contributed by atoms with E-state index in [4.69, 9.17) is 4.98 Å². The van der Waals surface area contributed by atoms with Gasteiger partial charge in [0.05, 0.1) is 0 Å². The molecule has 3 heteroatoms. The molecule has 2 nitrogen and oxygen atoms in total. The summed E-state index contributed by atoms with van der Waals surface area (Å²) in [6, 6.07) is 43.7. The fraction of sp³-hybridized carbons (Fsp3) is 0.0857. The summed E-state index contributed by atoms with van der Waals surface area (Å²) in [4.78, 5) is 8.96. The summed E-state index contributed by atoms with van der Waals surface area (Å²) < 4.78 is 0. The van der Waals surface area contributed by atoms with Crippen LogP contribution in [0.25, 0.3) is 44.4 Å².